The molecule has 1 aliphatic carbocycles. The third kappa shape index (κ3) is 4.36. The summed E-state index contributed by atoms with van der Waals surface area (Å²) in [6, 6.07) is 9.09. The Morgan fingerprint density at radius 3 is 2.53 bits per heavy atom. The van der Waals surface area contributed by atoms with Gasteiger partial charge in [0.15, 0.2) is 0 Å². The van der Waals surface area contributed by atoms with Gasteiger partial charge in [0.1, 0.15) is 5.75 Å². The van der Waals surface area contributed by atoms with Crippen molar-refractivity contribution >= 4 is 10.8 Å². The minimum absolute atomic E-state index is 0.373. The molecular weight excluding hydrogens is 258 g/mol. The lowest BCUT2D eigenvalue weighted by Crippen LogP contribution is -2.23. The topological polar surface area (TPSA) is 50.1 Å². The molecule has 1 aliphatic rings. The highest BCUT2D eigenvalue weighted by molar-refractivity contribution is 7.85. The van der Waals surface area contributed by atoms with E-state index in [0.717, 1.165) is 18.6 Å². The van der Waals surface area contributed by atoms with Crippen molar-refractivity contribution in [3.05, 3.63) is 29.8 Å². The third-order valence-electron chi connectivity index (χ3n) is 3.46. The molecule has 1 fully saturated rings. The molecule has 1 atom stereocenters. The first-order valence-corrected chi connectivity index (χ1v) is 8.18. The molecule has 1 aromatic carbocycles. The fourth-order valence-corrected chi connectivity index (χ4v) is 3.80. The number of hydrogen-bond donors (Lipinski definition) is 0. The highest BCUT2D eigenvalue weighted by Crippen LogP contribution is 2.22. The van der Waals surface area contributed by atoms with Crippen molar-refractivity contribution in [3.8, 4) is 11.8 Å². The van der Waals surface area contributed by atoms with E-state index in [9.17, 15) is 4.21 Å². The van der Waals surface area contributed by atoms with Crippen molar-refractivity contribution in [3.63, 3.8) is 0 Å². The zero-order valence-electron chi connectivity index (χ0n) is 11.0. The zero-order chi connectivity index (χ0) is 13.5. The molecular formula is C15H19NO2S. The predicted octanol–water partition coefficient (Wildman–Crippen LogP) is 3.02. The molecule has 19 heavy (non-hydrogen) atoms. The Bertz CT molecular complexity index is 458. The number of nitriles is 1. The summed E-state index contributed by atoms with van der Waals surface area (Å²) in [6.45, 7) is 0.481. The van der Waals surface area contributed by atoms with E-state index < -0.39 is 10.8 Å². The molecule has 4 heteroatoms. The molecule has 102 valence electrons. The SMILES string of the molecule is N#Cc1ccc(OCCS(=O)C2CCCCC2)cc1. The molecule has 0 radical (unpaired) electrons. The Balaban J connectivity index is 1.73. The standard InChI is InChI=1S/C15H19NO2S/c16-12-13-6-8-14(9-7-13)18-10-11-19(17)15-4-2-1-3-5-15/h6-9,15H,1-5,10-11H2. The molecule has 0 aromatic heterocycles. The van der Waals surface area contributed by atoms with Crippen LogP contribution in [0.2, 0.25) is 0 Å². The first-order chi connectivity index (χ1) is 9.29. The van der Waals surface area contributed by atoms with Gasteiger partial charge in [-0.15, -0.1) is 0 Å². The quantitative estimate of drug-likeness (QED) is 0.831. The van der Waals surface area contributed by atoms with Crippen LogP contribution in [-0.2, 0) is 10.8 Å². The number of benzene rings is 1. The second-order valence-electron chi connectivity index (χ2n) is 4.83. The lowest BCUT2D eigenvalue weighted by molar-refractivity contribution is 0.342. The van der Waals surface area contributed by atoms with Gasteiger partial charge >= 0.3 is 0 Å². The van der Waals surface area contributed by atoms with Crippen molar-refractivity contribution < 1.29 is 8.95 Å². The largest absolute Gasteiger partial charge is 0.493 e. The van der Waals surface area contributed by atoms with Gasteiger partial charge in [0.2, 0.25) is 0 Å². The van der Waals surface area contributed by atoms with Crippen LogP contribution in [0.15, 0.2) is 24.3 Å². The van der Waals surface area contributed by atoms with Gasteiger partial charge in [0.25, 0.3) is 0 Å². The van der Waals surface area contributed by atoms with E-state index in [0.29, 0.717) is 23.2 Å². The van der Waals surface area contributed by atoms with E-state index in [1.807, 2.05) is 0 Å². The first-order valence-electron chi connectivity index (χ1n) is 6.80. The Morgan fingerprint density at radius 2 is 1.89 bits per heavy atom. The minimum Gasteiger partial charge on any atom is -0.493 e. The summed E-state index contributed by atoms with van der Waals surface area (Å²) in [6.07, 6.45) is 5.92. The van der Waals surface area contributed by atoms with Crippen LogP contribution < -0.4 is 4.74 Å². The van der Waals surface area contributed by atoms with Crippen molar-refractivity contribution in [2.24, 2.45) is 0 Å². The second-order valence-corrected chi connectivity index (χ2v) is 6.67. The van der Waals surface area contributed by atoms with Gasteiger partial charge in [-0.3, -0.25) is 4.21 Å². The summed E-state index contributed by atoms with van der Waals surface area (Å²) in [5, 5.41) is 9.06. The molecule has 0 N–H and O–H groups in total. The van der Waals surface area contributed by atoms with Crippen LogP contribution in [0.3, 0.4) is 0 Å². The fourth-order valence-electron chi connectivity index (χ4n) is 2.36. The molecule has 2 rings (SSSR count). The van der Waals surface area contributed by atoms with Gasteiger partial charge in [0.05, 0.1) is 24.0 Å². The van der Waals surface area contributed by atoms with E-state index >= 15 is 0 Å². The lowest BCUT2D eigenvalue weighted by Gasteiger charge is -2.20. The molecule has 1 unspecified atom stereocenters. The van der Waals surface area contributed by atoms with Gasteiger partial charge < -0.3 is 4.74 Å². The summed E-state index contributed by atoms with van der Waals surface area (Å²) in [5.41, 5.74) is 0.623. The maximum atomic E-state index is 12.1. The first kappa shape index (κ1) is 14.1. The maximum Gasteiger partial charge on any atom is 0.119 e. The third-order valence-corrected chi connectivity index (χ3v) is 5.24. The van der Waals surface area contributed by atoms with Crippen LogP contribution in [-0.4, -0.2) is 21.8 Å². The van der Waals surface area contributed by atoms with E-state index in [1.165, 1.54) is 19.3 Å². The molecule has 0 aliphatic heterocycles. The minimum atomic E-state index is -0.763. The van der Waals surface area contributed by atoms with Crippen LogP contribution in [0, 0.1) is 11.3 Å². The van der Waals surface area contributed by atoms with Crippen LogP contribution in [0.1, 0.15) is 37.7 Å². The van der Waals surface area contributed by atoms with Gasteiger partial charge in [-0.2, -0.15) is 5.26 Å². The molecule has 0 amide bonds. The summed E-state index contributed by atoms with van der Waals surface area (Å²) < 4.78 is 17.6. The van der Waals surface area contributed by atoms with E-state index in [2.05, 4.69) is 6.07 Å². The molecule has 1 aromatic rings. The van der Waals surface area contributed by atoms with E-state index in [1.54, 1.807) is 24.3 Å². The van der Waals surface area contributed by atoms with Gasteiger partial charge in [-0.25, -0.2) is 0 Å². The van der Waals surface area contributed by atoms with Gasteiger partial charge in [0, 0.05) is 16.0 Å². The van der Waals surface area contributed by atoms with Crippen LogP contribution in [0.4, 0.5) is 0 Å². The highest BCUT2D eigenvalue weighted by atomic mass is 32.2. The van der Waals surface area contributed by atoms with Crippen LogP contribution in [0.5, 0.6) is 5.75 Å². The van der Waals surface area contributed by atoms with Crippen LogP contribution in [0.25, 0.3) is 0 Å². The van der Waals surface area contributed by atoms with Gasteiger partial charge in [-0.1, -0.05) is 19.3 Å². The monoisotopic (exact) mass is 277 g/mol. The summed E-state index contributed by atoms with van der Waals surface area (Å²) in [7, 11) is -0.763. The second kappa shape index (κ2) is 7.30. The Labute approximate surface area is 117 Å². The maximum absolute atomic E-state index is 12.1. The zero-order valence-corrected chi connectivity index (χ0v) is 11.8. The summed E-state index contributed by atoms with van der Waals surface area (Å²) in [4.78, 5) is 0. The molecule has 0 bridgehead atoms. The molecule has 3 nitrogen and oxygen atoms in total. The number of hydrogen-bond acceptors (Lipinski definition) is 3. The average Bonchev–Trinajstić information content (AvgIpc) is 2.49. The number of rotatable bonds is 5. The lowest BCUT2D eigenvalue weighted by atomic mass is 10.0. The molecule has 1 saturated carbocycles. The number of ether oxygens (including phenoxy) is 1. The molecule has 0 saturated heterocycles. The van der Waals surface area contributed by atoms with Crippen molar-refractivity contribution in [1.82, 2.24) is 0 Å². The Hall–Kier alpha value is -1.34. The average molecular weight is 277 g/mol. The van der Waals surface area contributed by atoms with Crippen molar-refractivity contribution in [2.45, 2.75) is 37.4 Å². The summed E-state index contributed by atoms with van der Waals surface area (Å²) in [5.74, 6) is 1.34. The molecule has 0 spiro atoms. The highest BCUT2D eigenvalue weighted by Gasteiger charge is 2.19. The Kier molecular flexibility index (Phi) is 5.41. The van der Waals surface area contributed by atoms with Crippen LogP contribution >= 0.6 is 0 Å². The van der Waals surface area contributed by atoms with Gasteiger partial charge in [-0.05, 0) is 37.1 Å². The summed E-state index contributed by atoms with van der Waals surface area (Å²) >= 11 is 0. The smallest absolute Gasteiger partial charge is 0.119 e. The van der Waals surface area contributed by atoms with Crippen molar-refractivity contribution in [2.75, 3.05) is 12.4 Å². The predicted molar refractivity (Wildman–Crippen MR) is 76.5 cm³/mol. The van der Waals surface area contributed by atoms with E-state index in [4.69, 9.17) is 10.00 Å². The fraction of sp³-hybridized carbons (Fsp3) is 0.533. The van der Waals surface area contributed by atoms with Crippen molar-refractivity contribution in [1.29, 1.82) is 5.26 Å². The number of nitrogens with zero attached hydrogens (tertiary/aromatic N) is 1. The normalized spacial score (nSPS) is 17.6. The Morgan fingerprint density at radius 1 is 1.21 bits per heavy atom. The molecule has 0 heterocycles. The van der Waals surface area contributed by atoms with E-state index in [-0.39, 0.29) is 0 Å².